The number of anilines is 1. The quantitative estimate of drug-likeness (QED) is 0.728. The van der Waals surface area contributed by atoms with Gasteiger partial charge in [-0.2, -0.15) is 0 Å². The first-order chi connectivity index (χ1) is 16.1. The Morgan fingerprint density at radius 3 is 2.67 bits per heavy atom. The van der Waals surface area contributed by atoms with Crippen molar-refractivity contribution in [2.24, 2.45) is 11.1 Å². The molecule has 2 saturated heterocycles. The van der Waals surface area contributed by atoms with E-state index >= 15 is 0 Å². The van der Waals surface area contributed by atoms with E-state index < -0.39 is 0 Å². The number of amides is 1. The summed E-state index contributed by atoms with van der Waals surface area (Å²) in [4.78, 5) is 27.0. The van der Waals surface area contributed by atoms with Crippen molar-refractivity contribution in [1.82, 2.24) is 14.8 Å². The monoisotopic (exact) mass is 447 g/mol. The number of piperidine rings is 2. The standard InChI is InChI=1S/C26H33N5O2/c1-33-29-23-17-26(22-5-3-2-4-21(22)23)9-14-31(15-10-26)25(32)20-7-12-30(13-8-20)18-19-6-11-28-24(27)16-19/h2-6,11,16,20H,7-10,12-15,17-18H2,1H3,(H2,27,28). The zero-order chi connectivity index (χ0) is 22.8. The minimum absolute atomic E-state index is 0.0838. The number of hydrogen-bond acceptors (Lipinski definition) is 6. The second-order valence-corrected chi connectivity index (χ2v) is 9.69. The largest absolute Gasteiger partial charge is 0.399 e. The maximum atomic E-state index is 13.3. The molecule has 1 spiro atoms. The van der Waals surface area contributed by atoms with Crippen molar-refractivity contribution >= 4 is 17.4 Å². The van der Waals surface area contributed by atoms with Crippen molar-refractivity contribution in [1.29, 1.82) is 0 Å². The topological polar surface area (TPSA) is 84.0 Å². The lowest BCUT2D eigenvalue weighted by atomic mass is 9.73. The number of carbonyl (C=O) groups is 1. The predicted octanol–water partition coefficient (Wildman–Crippen LogP) is 3.19. The van der Waals surface area contributed by atoms with E-state index in [1.54, 1.807) is 13.3 Å². The molecular weight excluding hydrogens is 414 g/mol. The summed E-state index contributed by atoms with van der Waals surface area (Å²) in [6.07, 6.45) is 6.49. The summed E-state index contributed by atoms with van der Waals surface area (Å²) >= 11 is 0. The third-order valence-corrected chi connectivity index (χ3v) is 7.74. The van der Waals surface area contributed by atoms with Gasteiger partial charge < -0.3 is 15.5 Å². The molecule has 3 heterocycles. The van der Waals surface area contributed by atoms with Gasteiger partial charge >= 0.3 is 0 Å². The van der Waals surface area contributed by atoms with Gasteiger partial charge in [-0.1, -0.05) is 29.4 Å². The van der Waals surface area contributed by atoms with Crippen LogP contribution < -0.4 is 5.73 Å². The van der Waals surface area contributed by atoms with Gasteiger partial charge in [0.15, 0.2) is 0 Å². The van der Waals surface area contributed by atoms with Crippen molar-refractivity contribution in [3.05, 3.63) is 59.3 Å². The third-order valence-electron chi connectivity index (χ3n) is 7.74. The minimum atomic E-state index is 0.0838. The molecule has 2 N–H and O–H groups in total. The summed E-state index contributed by atoms with van der Waals surface area (Å²) in [5.74, 6) is 1.04. The van der Waals surface area contributed by atoms with E-state index in [9.17, 15) is 4.79 Å². The zero-order valence-electron chi connectivity index (χ0n) is 19.4. The van der Waals surface area contributed by atoms with Gasteiger partial charge in [-0.25, -0.2) is 4.98 Å². The number of aromatic nitrogens is 1. The second kappa shape index (κ2) is 9.14. The van der Waals surface area contributed by atoms with Crippen LogP contribution in [0.25, 0.3) is 0 Å². The van der Waals surface area contributed by atoms with Gasteiger partial charge in [0, 0.05) is 49.1 Å². The van der Waals surface area contributed by atoms with E-state index in [0.717, 1.165) is 70.5 Å². The normalized spacial score (nSPS) is 22.0. The average molecular weight is 448 g/mol. The molecular formula is C26H33N5O2. The molecule has 1 aromatic heterocycles. The van der Waals surface area contributed by atoms with Crippen molar-refractivity contribution < 1.29 is 9.63 Å². The smallest absolute Gasteiger partial charge is 0.225 e. The number of fused-ring (bicyclic) bond motifs is 2. The molecule has 5 rings (SSSR count). The van der Waals surface area contributed by atoms with Crippen LogP contribution in [-0.2, 0) is 21.6 Å². The first-order valence-electron chi connectivity index (χ1n) is 12.0. The number of oxime groups is 1. The predicted molar refractivity (Wildman–Crippen MR) is 129 cm³/mol. The molecule has 0 saturated carbocycles. The van der Waals surface area contributed by atoms with Crippen molar-refractivity contribution in [2.75, 3.05) is 39.0 Å². The number of nitrogens with zero attached hydrogens (tertiary/aromatic N) is 4. The summed E-state index contributed by atoms with van der Waals surface area (Å²) in [5.41, 5.74) is 10.7. The Hall–Kier alpha value is -2.93. The number of pyridine rings is 1. The number of nitrogens with two attached hydrogens (primary N) is 1. The van der Waals surface area contributed by atoms with Gasteiger partial charge in [-0.3, -0.25) is 9.69 Å². The molecule has 33 heavy (non-hydrogen) atoms. The number of hydrogen-bond donors (Lipinski definition) is 1. The molecule has 1 aromatic carbocycles. The second-order valence-electron chi connectivity index (χ2n) is 9.69. The van der Waals surface area contributed by atoms with E-state index in [2.05, 4.69) is 44.2 Å². The van der Waals surface area contributed by atoms with Crippen molar-refractivity contribution in [3.63, 3.8) is 0 Å². The van der Waals surface area contributed by atoms with E-state index in [4.69, 9.17) is 10.6 Å². The zero-order valence-corrected chi connectivity index (χ0v) is 19.4. The highest BCUT2D eigenvalue weighted by atomic mass is 16.6. The molecule has 174 valence electrons. The van der Waals surface area contributed by atoms with Gasteiger partial charge in [0.25, 0.3) is 0 Å². The summed E-state index contributed by atoms with van der Waals surface area (Å²) in [6, 6.07) is 12.5. The van der Waals surface area contributed by atoms with E-state index in [1.165, 1.54) is 16.7 Å². The summed E-state index contributed by atoms with van der Waals surface area (Å²) in [7, 11) is 1.61. The average Bonchev–Trinajstić information content (AvgIpc) is 3.13. The number of likely N-dealkylation sites (tertiary alicyclic amines) is 2. The molecule has 0 radical (unpaired) electrons. The van der Waals surface area contributed by atoms with Gasteiger partial charge in [-0.05, 0) is 62.0 Å². The molecule has 1 aliphatic carbocycles. The van der Waals surface area contributed by atoms with Crippen LogP contribution in [0.15, 0.2) is 47.8 Å². The summed E-state index contributed by atoms with van der Waals surface area (Å²) < 4.78 is 0. The van der Waals surface area contributed by atoms with E-state index in [0.29, 0.717) is 11.7 Å². The van der Waals surface area contributed by atoms with Crippen LogP contribution in [0.1, 0.15) is 48.8 Å². The van der Waals surface area contributed by atoms with Crippen LogP contribution in [0.5, 0.6) is 0 Å². The lowest BCUT2D eigenvalue weighted by Gasteiger charge is -2.42. The Morgan fingerprint density at radius 2 is 1.94 bits per heavy atom. The molecule has 7 nitrogen and oxygen atoms in total. The molecule has 0 bridgehead atoms. The molecule has 2 fully saturated rings. The highest BCUT2D eigenvalue weighted by molar-refractivity contribution is 6.05. The molecule has 2 aliphatic heterocycles. The summed E-state index contributed by atoms with van der Waals surface area (Å²) in [5, 5.41) is 4.30. The molecule has 2 aromatic rings. The Morgan fingerprint density at radius 1 is 1.18 bits per heavy atom. The Balaban J connectivity index is 1.17. The Bertz CT molecular complexity index is 1040. The molecule has 7 heteroatoms. The SMILES string of the molecule is CON=C1CC2(CCN(C(=O)C3CCN(Cc4ccnc(N)c4)CC3)CC2)c2ccccc21. The summed E-state index contributed by atoms with van der Waals surface area (Å²) in [6.45, 7) is 4.40. The lowest BCUT2D eigenvalue weighted by Crippen LogP contribution is -2.48. The van der Waals surface area contributed by atoms with Gasteiger partial charge in [0.2, 0.25) is 5.91 Å². The third kappa shape index (κ3) is 4.34. The van der Waals surface area contributed by atoms with Crippen molar-refractivity contribution in [3.8, 4) is 0 Å². The lowest BCUT2D eigenvalue weighted by molar-refractivity contribution is -0.138. The van der Waals surface area contributed by atoms with E-state index in [1.807, 2.05) is 12.1 Å². The number of benzene rings is 1. The highest BCUT2D eigenvalue weighted by Gasteiger charge is 2.45. The van der Waals surface area contributed by atoms with E-state index in [-0.39, 0.29) is 11.3 Å². The Kier molecular flexibility index (Phi) is 6.06. The first-order valence-corrected chi connectivity index (χ1v) is 12.0. The van der Waals surface area contributed by atoms with Crippen LogP contribution in [0.2, 0.25) is 0 Å². The van der Waals surface area contributed by atoms with Crippen LogP contribution >= 0.6 is 0 Å². The molecule has 1 amide bonds. The van der Waals surface area contributed by atoms with Crippen LogP contribution in [0.3, 0.4) is 0 Å². The minimum Gasteiger partial charge on any atom is -0.399 e. The molecule has 3 aliphatic rings. The van der Waals surface area contributed by atoms with Gasteiger partial charge in [-0.15, -0.1) is 0 Å². The van der Waals surface area contributed by atoms with Crippen LogP contribution in [0.4, 0.5) is 5.82 Å². The number of rotatable bonds is 4. The van der Waals surface area contributed by atoms with Crippen LogP contribution in [-0.4, -0.2) is 59.7 Å². The fraction of sp³-hybridized carbons (Fsp3) is 0.500. The molecule has 0 unspecified atom stereocenters. The van der Waals surface area contributed by atoms with Crippen molar-refractivity contribution in [2.45, 2.75) is 44.1 Å². The fourth-order valence-corrected chi connectivity index (χ4v) is 5.95. The van der Waals surface area contributed by atoms with Gasteiger partial charge in [0.05, 0.1) is 5.71 Å². The highest BCUT2D eigenvalue weighted by Crippen LogP contribution is 2.46. The maximum Gasteiger partial charge on any atom is 0.225 e. The fourth-order valence-electron chi connectivity index (χ4n) is 5.95. The molecule has 0 atom stereocenters. The number of carbonyl (C=O) groups excluding carboxylic acids is 1. The first kappa shape index (κ1) is 21.9. The Labute approximate surface area is 195 Å². The van der Waals surface area contributed by atoms with Crippen LogP contribution in [0, 0.1) is 5.92 Å². The van der Waals surface area contributed by atoms with Gasteiger partial charge in [0.1, 0.15) is 12.9 Å². The number of nitrogen functional groups attached to an aromatic ring is 1. The maximum absolute atomic E-state index is 13.3.